The van der Waals surface area contributed by atoms with Crippen molar-refractivity contribution in [3.63, 3.8) is 0 Å². The number of rotatable bonds is 4. The predicted octanol–water partition coefficient (Wildman–Crippen LogP) is 2.96. The molecule has 2 rings (SSSR count). The normalized spacial score (nSPS) is 9.95. The number of carbonyl (C=O) groups is 1. The molecular formula is C15H16N2O2. The van der Waals surface area contributed by atoms with Crippen molar-refractivity contribution < 1.29 is 9.90 Å². The summed E-state index contributed by atoms with van der Waals surface area (Å²) in [5.41, 5.74) is 2.75. The van der Waals surface area contributed by atoms with E-state index in [0.29, 0.717) is 6.54 Å². The highest BCUT2D eigenvalue weighted by Crippen LogP contribution is 2.17. The molecule has 2 aromatic carbocycles. The summed E-state index contributed by atoms with van der Waals surface area (Å²) in [6.07, 6.45) is 0. The summed E-state index contributed by atoms with van der Waals surface area (Å²) in [6, 6.07) is 14.6. The van der Waals surface area contributed by atoms with Crippen LogP contribution in [0.25, 0.3) is 0 Å². The molecule has 0 aromatic heterocycles. The quantitative estimate of drug-likeness (QED) is 0.788. The van der Waals surface area contributed by atoms with E-state index in [1.807, 2.05) is 30.3 Å². The van der Waals surface area contributed by atoms with Gasteiger partial charge in [-0.15, -0.1) is 0 Å². The Morgan fingerprint density at radius 3 is 2.47 bits per heavy atom. The van der Waals surface area contributed by atoms with Crippen LogP contribution in [0.15, 0.2) is 48.5 Å². The number of aromatic hydroxyl groups is 1. The maximum atomic E-state index is 10.9. The van der Waals surface area contributed by atoms with Gasteiger partial charge in [0.05, 0.1) is 0 Å². The Bertz CT molecular complexity index is 565. The Kier molecular flexibility index (Phi) is 4.03. The van der Waals surface area contributed by atoms with Crippen LogP contribution in [0, 0.1) is 0 Å². The highest BCUT2D eigenvalue weighted by molar-refractivity contribution is 5.88. The van der Waals surface area contributed by atoms with Gasteiger partial charge >= 0.3 is 0 Å². The largest absolute Gasteiger partial charge is 0.508 e. The molecule has 4 heteroatoms. The first kappa shape index (κ1) is 13.0. The SMILES string of the molecule is CC(=O)Nc1ccc(CNc2cccc(O)c2)cc1. The van der Waals surface area contributed by atoms with Crippen LogP contribution in [-0.4, -0.2) is 11.0 Å². The fourth-order valence-electron chi connectivity index (χ4n) is 1.73. The van der Waals surface area contributed by atoms with Crippen molar-refractivity contribution in [1.82, 2.24) is 0 Å². The average Bonchev–Trinajstić information content (AvgIpc) is 2.37. The van der Waals surface area contributed by atoms with E-state index in [0.717, 1.165) is 16.9 Å². The van der Waals surface area contributed by atoms with Crippen LogP contribution in [0.4, 0.5) is 11.4 Å². The summed E-state index contributed by atoms with van der Waals surface area (Å²) >= 11 is 0. The van der Waals surface area contributed by atoms with Gasteiger partial charge in [-0.05, 0) is 29.8 Å². The van der Waals surface area contributed by atoms with Crippen molar-refractivity contribution in [3.8, 4) is 5.75 Å². The Labute approximate surface area is 112 Å². The van der Waals surface area contributed by atoms with Crippen molar-refractivity contribution in [1.29, 1.82) is 0 Å². The van der Waals surface area contributed by atoms with Gasteiger partial charge in [-0.2, -0.15) is 0 Å². The third-order valence-electron chi connectivity index (χ3n) is 2.62. The van der Waals surface area contributed by atoms with Crippen molar-refractivity contribution in [2.45, 2.75) is 13.5 Å². The zero-order chi connectivity index (χ0) is 13.7. The van der Waals surface area contributed by atoms with Crippen molar-refractivity contribution >= 4 is 17.3 Å². The third kappa shape index (κ3) is 4.03. The van der Waals surface area contributed by atoms with Gasteiger partial charge in [-0.25, -0.2) is 0 Å². The number of phenols is 1. The van der Waals surface area contributed by atoms with Gasteiger partial charge in [0.25, 0.3) is 0 Å². The van der Waals surface area contributed by atoms with E-state index in [4.69, 9.17) is 0 Å². The predicted molar refractivity (Wildman–Crippen MR) is 76.2 cm³/mol. The monoisotopic (exact) mass is 256 g/mol. The fraction of sp³-hybridized carbons (Fsp3) is 0.133. The molecule has 1 amide bonds. The first-order valence-corrected chi connectivity index (χ1v) is 6.03. The second-order valence-electron chi connectivity index (χ2n) is 4.28. The Morgan fingerprint density at radius 2 is 1.84 bits per heavy atom. The maximum Gasteiger partial charge on any atom is 0.221 e. The zero-order valence-electron chi connectivity index (χ0n) is 10.7. The van der Waals surface area contributed by atoms with Crippen molar-refractivity contribution in [2.24, 2.45) is 0 Å². The van der Waals surface area contributed by atoms with Crippen LogP contribution in [0.1, 0.15) is 12.5 Å². The summed E-state index contributed by atoms with van der Waals surface area (Å²) < 4.78 is 0. The average molecular weight is 256 g/mol. The molecule has 0 unspecified atom stereocenters. The zero-order valence-corrected chi connectivity index (χ0v) is 10.7. The number of benzene rings is 2. The van der Waals surface area contributed by atoms with Gasteiger partial charge in [-0.1, -0.05) is 18.2 Å². The van der Waals surface area contributed by atoms with Crippen LogP contribution >= 0.6 is 0 Å². The molecule has 19 heavy (non-hydrogen) atoms. The number of hydrogen-bond donors (Lipinski definition) is 3. The van der Waals surface area contributed by atoms with E-state index in [9.17, 15) is 9.90 Å². The summed E-state index contributed by atoms with van der Waals surface area (Å²) in [7, 11) is 0. The molecular weight excluding hydrogens is 240 g/mol. The molecule has 0 saturated carbocycles. The lowest BCUT2D eigenvalue weighted by Gasteiger charge is -2.08. The summed E-state index contributed by atoms with van der Waals surface area (Å²) in [6.45, 7) is 2.14. The van der Waals surface area contributed by atoms with Gasteiger partial charge in [0.15, 0.2) is 0 Å². The smallest absolute Gasteiger partial charge is 0.221 e. The van der Waals surface area contributed by atoms with Crippen molar-refractivity contribution in [2.75, 3.05) is 10.6 Å². The minimum absolute atomic E-state index is 0.0781. The highest BCUT2D eigenvalue weighted by Gasteiger charge is 1.98. The standard InChI is InChI=1S/C15H16N2O2/c1-11(18)17-13-7-5-12(6-8-13)10-16-14-3-2-4-15(19)9-14/h2-9,16,19H,10H2,1H3,(H,17,18). The van der Waals surface area contributed by atoms with E-state index >= 15 is 0 Å². The fourth-order valence-corrected chi connectivity index (χ4v) is 1.73. The molecule has 2 aromatic rings. The second-order valence-corrected chi connectivity index (χ2v) is 4.28. The van der Waals surface area contributed by atoms with Gasteiger partial charge in [0, 0.05) is 30.9 Å². The van der Waals surface area contributed by atoms with Gasteiger partial charge in [0.2, 0.25) is 5.91 Å². The van der Waals surface area contributed by atoms with Crippen LogP contribution < -0.4 is 10.6 Å². The highest BCUT2D eigenvalue weighted by atomic mass is 16.3. The number of nitrogens with one attached hydrogen (secondary N) is 2. The lowest BCUT2D eigenvalue weighted by molar-refractivity contribution is -0.114. The van der Waals surface area contributed by atoms with Gasteiger partial charge < -0.3 is 15.7 Å². The molecule has 3 N–H and O–H groups in total. The van der Waals surface area contributed by atoms with E-state index in [-0.39, 0.29) is 11.7 Å². The van der Waals surface area contributed by atoms with Gasteiger partial charge in [0.1, 0.15) is 5.75 Å². The number of anilines is 2. The summed E-state index contributed by atoms with van der Waals surface area (Å²) in [5.74, 6) is 0.164. The molecule has 0 fully saturated rings. The van der Waals surface area contributed by atoms with Crippen molar-refractivity contribution in [3.05, 3.63) is 54.1 Å². The topological polar surface area (TPSA) is 61.4 Å². The molecule has 0 aliphatic carbocycles. The molecule has 98 valence electrons. The number of phenolic OH excluding ortho intramolecular Hbond substituents is 1. The molecule has 0 aliphatic heterocycles. The summed E-state index contributed by atoms with van der Waals surface area (Å²) in [5, 5.41) is 15.3. The molecule has 4 nitrogen and oxygen atoms in total. The molecule has 0 spiro atoms. The first-order chi connectivity index (χ1) is 9.13. The second kappa shape index (κ2) is 5.91. The van der Waals surface area contributed by atoms with E-state index < -0.39 is 0 Å². The van der Waals surface area contributed by atoms with E-state index in [1.54, 1.807) is 18.2 Å². The minimum Gasteiger partial charge on any atom is -0.508 e. The lowest BCUT2D eigenvalue weighted by Crippen LogP contribution is -2.06. The Hall–Kier alpha value is -2.49. The molecule has 0 heterocycles. The first-order valence-electron chi connectivity index (χ1n) is 6.03. The van der Waals surface area contributed by atoms with Crippen LogP contribution in [-0.2, 0) is 11.3 Å². The van der Waals surface area contributed by atoms with Crippen LogP contribution in [0.2, 0.25) is 0 Å². The third-order valence-corrected chi connectivity index (χ3v) is 2.62. The van der Waals surface area contributed by atoms with Gasteiger partial charge in [-0.3, -0.25) is 4.79 Å². The molecule has 0 radical (unpaired) electrons. The van der Waals surface area contributed by atoms with E-state index in [1.165, 1.54) is 6.92 Å². The van der Waals surface area contributed by atoms with E-state index in [2.05, 4.69) is 10.6 Å². The number of amides is 1. The maximum absolute atomic E-state index is 10.9. The Morgan fingerprint density at radius 1 is 1.11 bits per heavy atom. The lowest BCUT2D eigenvalue weighted by atomic mass is 10.2. The molecule has 0 aliphatic rings. The minimum atomic E-state index is -0.0781. The number of carbonyl (C=O) groups excluding carboxylic acids is 1. The van der Waals surface area contributed by atoms with Crippen LogP contribution in [0.3, 0.4) is 0 Å². The summed E-state index contributed by atoms with van der Waals surface area (Å²) in [4.78, 5) is 10.9. The molecule has 0 atom stereocenters. The Balaban J connectivity index is 1.94. The molecule has 0 bridgehead atoms. The molecule has 0 saturated heterocycles. The number of hydrogen-bond acceptors (Lipinski definition) is 3. The van der Waals surface area contributed by atoms with Crippen LogP contribution in [0.5, 0.6) is 5.75 Å².